The molecule has 134 valence electrons. The van der Waals surface area contributed by atoms with Crippen molar-refractivity contribution in [2.75, 3.05) is 5.32 Å². The van der Waals surface area contributed by atoms with E-state index in [0.717, 1.165) is 35.3 Å². The minimum absolute atomic E-state index is 0.436. The number of rotatable bonds is 5. The number of nitrogens with zero attached hydrogens (tertiary/aromatic N) is 4. The summed E-state index contributed by atoms with van der Waals surface area (Å²) in [5.74, 6) is 2.40. The van der Waals surface area contributed by atoms with E-state index in [1.165, 1.54) is 11.1 Å². The summed E-state index contributed by atoms with van der Waals surface area (Å²) < 4.78 is 5.46. The van der Waals surface area contributed by atoms with Crippen molar-refractivity contribution >= 4 is 16.6 Å². The van der Waals surface area contributed by atoms with Crippen LogP contribution in [0, 0.1) is 6.92 Å². The van der Waals surface area contributed by atoms with Crippen molar-refractivity contribution in [1.82, 2.24) is 20.3 Å². The van der Waals surface area contributed by atoms with Gasteiger partial charge >= 0.3 is 0 Å². The Labute approximate surface area is 156 Å². The standard InChI is InChI=1S/C21H19N5O/c1-13-6-8-14(9-7-13)12-22-20-17-5-3-2-4-16(17)18(24-25-20)21-23-19(26-27-21)15-10-11-15/h2-9,15H,10-12H2,1H3,(H,22,25). The number of fused-ring (bicyclic) bond motifs is 1. The second kappa shape index (κ2) is 6.46. The van der Waals surface area contributed by atoms with Crippen LogP contribution in [0.5, 0.6) is 0 Å². The summed E-state index contributed by atoms with van der Waals surface area (Å²) in [7, 11) is 0. The van der Waals surface area contributed by atoms with Gasteiger partial charge in [-0.2, -0.15) is 4.98 Å². The van der Waals surface area contributed by atoms with Gasteiger partial charge in [-0.05, 0) is 25.3 Å². The van der Waals surface area contributed by atoms with E-state index in [0.29, 0.717) is 24.0 Å². The van der Waals surface area contributed by atoms with Gasteiger partial charge in [-0.25, -0.2) is 0 Å². The highest BCUT2D eigenvalue weighted by atomic mass is 16.5. The third-order valence-electron chi connectivity index (χ3n) is 4.85. The smallest absolute Gasteiger partial charge is 0.279 e. The van der Waals surface area contributed by atoms with Gasteiger partial charge in [0.2, 0.25) is 0 Å². The van der Waals surface area contributed by atoms with Gasteiger partial charge in [-0.3, -0.25) is 0 Å². The molecule has 0 spiro atoms. The summed E-state index contributed by atoms with van der Waals surface area (Å²) in [5, 5.41) is 18.2. The number of hydrogen-bond donors (Lipinski definition) is 1. The van der Waals surface area contributed by atoms with Crippen LogP contribution < -0.4 is 5.32 Å². The molecule has 0 unspecified atom stereocenters. The molecule has 0 atom stereocenters. The largest absolute Gasteiger partial charge is 0.364 e. The number of aryl methyl sites for hydroxylation is 1. The van der Waals surface area contributed by atoms with E-state index in [2.05, 4.69) is 56.8 Å². The van der Waals surface area contributed by atoms with Crippen LogP contribution in [0.15, 0.2) is 53.1 Å². The first-order valence-electron chi connectivity index (χ1n) is 9.17. The summed E-state index contributed by atoms with van der Waals surface area (Å²) in [5.41, 5.74) is 3.07. The lowest BCUT2D eigenvalue weighted by atomic mass is 10.1. The molecule has 2 aromatic carbocycles. The van der Waals surface area contributed by atoms with E-state index < -0.39 is 0 Å². The summed E-state index contributed by atoms with van der Waals surface area (Å²) in [6.45, 7) is 2.77. The molecule has 1 N–H and O–H groups in total. The summed E-state index contributed by atoms with van der Waals surface area (Å²) in [6.07, 6.45) is 2.26. The fourth-order valence-electron chi connectivity index (χ4n) is 3.12. The molecule has 0 amide bonds. The maximum atomic E-state index is 5.46. The van der Waals surface area contributed by atoms with Crippen molar-refractivity contribution in [2.45, 2.75) is 32.2 Å². The zero-order valence-corrected chi connectivity index (χ0v) is 15.0. The van der Waals surface area contributed by atoms with Crippen LogP contribution in [0.3, 0.4) is 0 Å². The molecular weight excluding hydrogens is 338 g/mol. The van der Waals surface area contributed by atoms with Crippen molar-refractivity contribution in [1.29, 1.82) is 0 Å². The van der Waals surface area contributed by atoms with Crippen LogP contribution in [0.2, 0.25) is 0 Å². The van der Waals surface area contributed by atoms with Crippen molar-refractivity contribution in [3.8, 4) is 11.6 Å². The molecule has 0 bridgehead atoms. The van der Waals surface area contributed by atoms with Gasteiger partial charge in [0.25, 0.3) is 5.89 Å². The van der Waals surface area contributed by atoms with Gasteiger partial charge in [0.1, 0.15) is 0 Å². The number of nitrogens with one attached hydrogen (secondary N) is 1. The molecule has 4 aromatic rings. The minimum Gasteiger partial charge on any atom is -0.364 e. The molecule has 2 heterocycles. The van der Waals surface area contributed by atoms with Crippen molar-refractivity contribution in [3.05, 3.63) is 65.5 Å². The first-order valence-corrected chi connectivity index (χ1v) is 9.17. The van der Waals surface area contributed by atoms with E-state index >= 15 is 0 Å². The summed E-state index contributed by atoms with van der Waals surface area (Å²) in [6, 6.07) is 16.5. The van der Waals surface area contributed by atoms with Crippen LogP contribution in [0.4, 0.5) is 5.82 Å². The Morgan fingerprint density at radius 2 is 1.78 bits per heavy atom. The molecule has 1 aliphatic rings. The Hall–Kier alpha value is -3.28. The Balaban J connectivity index is 1.48. The molecule has 27 heavy (non-hydrogen) atoms. The van der Waals surface area contributed by atoms with Gasteiger partial charge < -0.3 is 9.84 Å². The van der Waals surface area contributed by atoms with Crippen LogP contribution in [-0.4, -0.2) is 20.3 Å². The zero-order valence-electron chi connectivity index (χ0n) is 15.0. The lowest BCUT2D eigenvalue weighted by Crippen LogP contribution is -2.04. The first-order chi connectivity index (χ1) is 13.3. The molecule has 1 fully saturated rings. The van der Waals surface area contributed by atoms with Crippen LogP contribution >= 0.6 is 0 Å². The molecule has 0 saturated heterocycles. The summed E-state index contributed by atoms with van der Waals surface area (Å²) >= 11 is 0. The maximum absolute atomic E-state index is 5.46. The molecule has 0 radical (unpaired) electrons. The summed E-state index contributed by atoms with van der Waals surface area (Å²) in [4.78, 5) is 4.52. The minimum atomic E-state index is 0.436. The van der Waals surface area contributed by atoms with Crippen LogP contribution in [0.1, 0.15) is 35.7 Å². The maximum Gasteiger partial charge on any atom is 0.279 e. The third kappa shape index (κ3) is 3.14. The number of aromatic nitrogens is 4. The molecule has 1 saturated carbocycles. The molecular formula is C21H19N5O. The lowest BCUT2D eigenvalue weighted by molar-refractivity contribution is 0.421. The van der Waals surface area contributed by atoms with Gasteiger partial charge in [0, 0.05) is 23.2 Å². The second-order valence-electron chi connectivity index (χ2n) is 7.01. The monoisotopic (exact) mass is 357 g/mol. The van der Waals surface area contributed by atoms with E-state index in [1.54, 1.807) is 0 Å². The topological polar surface area (TPSA) is 76.7 Å². The fraction of sp³-hybridized carbons (Fsp3) is 0.238. The highest BCUT2D eigenvalue weighted by molar-refractivity contribution is 5.98. The zero-order chi connectivity index (χ0) is 18.2. The van der Waals surface area contributed by atoms with Gasteiger partial charge in [0.15, 0.2) is 17.3 Å². The molecule has 5 rings (SSSR count). The van der Waals surface area contributed by atoms with Crippen LogP contribution in [-0.2, 0) is 6.54 Å². The quantitative estimate of drug-likeness (QED) is 0.567. The van der Waals surface area contributed by atoms with E-state index in [-0.39, 0.29) is 0 Å². The highest BCUT2D eigenvalue weighted by Gasteiger charge is 2.29. The van der Waals surface area contributed by atoms with E-state index in [4.69, 9.17) is 4.52 Å². The van der Waals surface area contributed by atoms with E-state index in [1.807, 2.05) is 24.3 Å². The van der Waals surface area contributed by atoms with Gasteiger partial charge in [0.05, 0.1) is 0 Å². The Bertz CT molecular complexity index is 1100. The third-order valence-corrected chi connectivity index (χ3v) is 4.85. The van der Waals surface area contributed by atoms with Crippen LogP contribution in [0.25, 0.3) is 22.4 Å². The predicted molar refractivity (Wildman–Crippen MR) is 103 cm³/mol. The van der Waals surface area contributed by atoms with Crippen molar-refractivity contribution in [3.63, 3.8) is 0 Å². The van der Waals surface area contributed by atoms with E-state index in [9.17, 15) is 0 Å². The first kappa shape index (κ1) is 15.9. The predicted octanol–water partition coefficient (Wildman–Crippen LogP) is 4.48. The van der Waals surface area contributed by atoms with Gasteiger partial charge in [-0.15, -0.1) is 10.2 Å². The molecule has 2 aromatic heterocycles. The fourth-order valence-corrected chi connectivity index (χ4v) is 3.12. The number of hydrogen-bond acceptors (Lipinski definition) is 6. The van der Waals surface area contributed by atoms with Gasteiger partial charge in [-0.1, -0.05) is 59.3 Å². The van der Waals surface area contributed by atoms with Crippen molar-refractivity contribution in [2.24, 2.45) is 0 Å². The average Bonchev–Trinajstić information content (AvgIpc) is 3.44. The Morgan fingerprint density at radius 3 is 2.56 bits per heavy atom. The second-order valence-corrected chi connectivity index (χ2v) is 7.01. The number of anilines is 1. The molecule has 6 nitrogen and oxygen atoms in total. The van der Waals surface area contributed by atoms with Crippen molar-refractivity contribution < 1.29 is 4.52 Å². The SMILES string of the molecule is Cc1ccc(CNc2nnc(-c3nc(C4CC4)no3)c3ccccc23)cc1. The highest BCUT2D eigenvalue weighted by Crippen LogP contribution is 2.39. The average molecular weight is 357 g/mol. The molecule has 1 aliphatic carbocycles. The number of benzene rings is 2. The lowest BCUT2D eigenvalue weighted by Gasteiger charge is -2.10. The molecule has 0 aliphatic heterocycles. The Morgan fingerprint density at radius 1 is 1.00 bits per heavy atom. The Kier molecular flexibility index (Phi) is 3.81. The molecule has 6 heteroatoms. The normalized spacial score (nSPS) is 13.8.